The van der Waals surface area contributed by atoms with Crippen LogP contribution in [0.15, 0.2) is 12.7 Å². The number of fused-ring (bicyclic) bond motifs is 1. The first kappa shape index (κ1) is 26.3. The monoisotopic (exact) mass is 493 g/mol. The van der Waals surface area contributed by atoms with Crippen molar-refractivity contribution in [1.29, 1.82) is 0 Å². The van der Waals surface area contributed by atoms with Crippen molar-refractivity contribution in [1.82, 2.24) is 19.5 Å². The molecule has 1 unspecified atom stereocenters. The lowest BCUT2D eigenvalue weighted by Crippen LogP contribution is -2.45. The van der Waals surface area contributed by atoms with Crippen molar-refractivity contribution < 1.29 is 13.6 Å². The zero-order chi connectivity index (χ0) is 24.8. The Balaban J connectivity index is 1.82. The second-order valence-corrected chi connectivity index (χ2v) is 22.0. The lowest BCUT2D eigenvalue weighted by Gasteiger charge is -2.38. The number of aromatic nitrogens is 4. The van der Waals surface area contributed by atoms with Crippen LogP contribution >= 0.6 is 0 Å². The van der Waals surface area contributed by atoms with Gasteiger partial charge in [0, 0.05) is 18.9 Å². The van der Waals surface area contributed by atoms with Crippen molar-refractivity contribution in [3.05, 3.63) is 12.7 Å². The minimum atomic E-state index is -1.90. The fraction of sp³-hybridized carbons (Fsp3) is 0.783. The summed E-state index contributed by atoms with van der Waals surface area (Å²) in [6.07, 6.45) is 3.80. The highest BCUT2D eigenvalue weighted by molar-refractivity contribution is 6.74. The van der Waals surface area contributed by atoms with Gasteiger partial charge in [0.1, 0.15) is 18.1 Å². The van der Waals surface area contributed by atoms with E-state index in [4.69, 9.17) is 19.3 Å². The summed E-state index contributed by atoms with van der Waals surface area (Å²) in [6, 6.07) is 0. The van der Waals surface area contributed by atoms with E-state index in [1.807, 2.05) is 4.57 Å². The molecule has 0 aromatic carbocycles. The van der Waals surface area contributed by atoms with Crippen molar-refractivity contribution >= 4 is 33.6 Å². The summed E-state index contributed by atoms with van der Waals surface area (Å²) in [7, 11) is -3.77. The molecule has 1 saturated heterocycles. The number of hydrogen-bond donors (Lipinski definition) is 1. The molecular weight excluding hydrogens is 450 g/mol. The molecule has 3 atom stereocenters. The molecule has 1 aliphatic heterocycles. The summed E-state index contributed by atoms with van der Waals surface area (Å²) in [5.74, 6) is 0.609. The molecule has 3 rings (SSSR count). The van der Waals surface area contributed by atoms with Crippen molar-refractivity contribution in [3.63, 3.8) is 0 Å². The van der Waals surface area contributed by atoms with Crippen LogP contribution in [0.4, 0.5) is 5.82 Å². The number of imidazole rings is 1. The topological polar surface area (TPSA) is 97.3 Å². The second kappa shape index (κ2) is 9.03. The van der Waals surface area contributed by atoms with Crippen LogP contribution in [0.1, 0.15) is 54.2 Å². The van der Waals surface area contributed by atoms with Gasteiger partial charge in [0.2, 0.25) is 0 Å². The number of nitrogen functional groups attached to an aromatic ring is 1. The van der Waals surface area contributed by atoms with E-state index < -0.39 is 16.6 Å². The van der Waals surface area contributed by atoms with E-state index in [1.165, 1.54) is 6.33 Å². The number of rotatable bonds is 7. The normalized spacial score (nSPS) is 22.9. The zero-order valence-electron chi connectivity index (χ0n) is 22.1. The van der Waals surface area contributed by atoms with Gasteiger partial charge in [-0.2, -0.15) is 0 Å². The quantitative estimate of drug-likeness (QED) is 0.519. The largest absolute Gasteiger partial charge is 0.416 e. The van der Waals surface area contributed by atoms with Gasteiger partial charge < -0.3 is 19.3 Å². The van der Waals surface area contributed by atoms with Crippen LogP contribution in [0, 0.1) is 5.92 Å². The molecule has 8 nitrogen and oxygen atoms in total. The smallest absolute Gasteiger partial charge is 0.192 e. The highest BCUT2D eigenvalue weighted by atomic mass is 28.4. The van der Waals surface area contributed by atoms with E-state index in [2.05, 4.69) is 82.7 Å². The van der Waals surface area contributed by atoms with E-state index in [-0.39, 0.29) is 28.3 Å². The Kier molecular flexibility index (Phi) is 7.19. The van der Waals surface area contributed by atoms with Crippen molar-refractivity contribution in [2.24, 2.45) is 5.92 Å². The lowest BCUT2D eigenvalue weighted by atomic mass is 10.0. The minimum absolute atomic E-state index is 0.0504. The van der Waals surface area contributed by atoms with Crippen molar-refractivity contribution in [2.75, 3.05) is 18.9 Å². The third kappa shape index (κ3) is 5.50. The first-order valence-corrected chi connectivity index (χ1v) is 17.7. The lowest BCUT2D eigenvalue weighted by molar-refractivity contribution is -0.0302. The number of ether oxygens (including phenoxy) is 1. The molecule has 1 fully saturated rings. The molecule has 3 heterocycles. The SMILES string of the molecule is CC(C)(C)[Si](C)(C)OC[C@H]1CC(n2cnc3c(N)ncnc32)O[C@@H]1CO[Si](C)(C)C(C)(C)C. The Morgan fingerprint density at radius 1 is 0.970 bits per heavy atom. The Bertz CT molecular complexity index is 927. The summed E-state index contributed by atoms with van der Waals surface area (Å²) in [4.78, 5) is 12.9. The minimum Gasteiger partial charge on any atom is -0.416 e. The maximum atomic E-state index is 6.62. The molecule has 0 bridgehead atoms. The Hall–Kier alpha value is -1.34. The van der Waals surface area contributed by atoms with Gasteiger partial charge in [0.25, 0.3) is 0 Å². The van der Waals surface area contributed by atoms with Gasteiger partial charge >= 0.3 is 0 Å². The van der Waals surface area contributed by atoms with Crippen LogP contribution in [-0.2, 0) is 13.6 Å². The molecule has 0 radical (unpaired) electrons. The fourth-order valence-corrected chi connectivity index (χ4v) is 5.51. The average Bonchev–Trinajstić information content (AvgIpc) is 3.27. The first-order chi connectivity index (χ1) is 15.0. The van der Waals surface area contributed by atoms with Gasteiger partial charge in [-0.15, -0.1) is 0 Å². The number of hydrogen-bond acceptors (Lipinski definition) is 7. The van der Waals surface area contributed by atoms with Gasteiger partial charge in [-0.05, 0) is 36.3 Å². The summed E-state index contributed by atoms with van der Waals surface area (Å²) in [5.41, 5.74) is 7.30. The van der Waals surface area contributed by atoms with Crippen LogP contribution in [0.25, 0.3) is 11.2 Å². The van der Waals surface area contributed by atoms with Gasteiger partial charge in [-0.3, -0.25) is 4.57 Å². The third-order valence-electron chi connectivity index (χ3n) is 7.94. The van der Waals surface area contributed by atoms with Gasteiger partial charge in [-0.1, -0.05) is 41.5 Å². The zero-order valence-corrected chi connectivity index (χ0v) is 24.1. The predicted octanol–water partition coefficient (Wildman–Crippen LogP) is 5.36. The summed E-state index contributed by atoms with van der Waals surface area (Å²) in [6.45, 7) is 24.0. The Morgan fingerprint density at radius 2 is 1.55 bits per heavy atom. The van der Waals surface area contributed by atoms with E-state index in [9.17, 15) is 0 Å². The number of anilines is 1. The molecule has 33 heavy (non-hydrogen) atoms. The number of nitrogens with zero attached hydrogens (tertiary/aromatic N) is 4. The van der Waals surface area contributed by atoms with Gasteiger partial charge in [0.15, 0.2) is 28.1 Å². The molecule has 0 saturated carbocycles. The molecule has 0 aliphatic carbocycles. The standard InChI is InChI=1S/C23H43N5O3Si2/c1-22(2,3)32(7,8)29-12-16-11-18(28-15-27-19-20(24)25-14-26-21(19)28)31-17(16)13-30-33(9,10)23(4,5)6/h14-18H,11-13H2,1-10H3,(H2,24,25,26)/t16-,17-,18?/m1/s1. The van der Waals surface area contributed by atoms with E-state index in [1.54, 1.807) is 6.33 Å². The van der Waals surface area contributed by atoms with Crippen LogP contribution in [-0.4, -0.2) is 55.5 Å². The third-order valence-corrected chi connectivity index (χ3v) is 16.9. The highest BCUT2D eigenvalue weighted by Crippen LogP contribution is 2.41. The van der Waals surface area contributed by atoms with Crippen LogP contribution in [0.2, 0.25) is 36.3 Å². The Labute approximate surface area is 200 Å². The molecular formula is C23H43N5O3Si2. The average molecular weight is 494 g/mol. The van der Waals surface area contributed by atoms with Gasteiger partial charge in [0.05, 0.1) is 19.0 Å². The van der Waals surface area contributed by atoms with Gasteiger partial charge in [-0.25, -0.2) is 15.0 Å². The van der Waals surface area contributed by atoms with Crippen LogP contribution < -0.4 is 5.73 Å². The fourth-order valence-electron chi connectivity index (χ4n) is 3.43. The summed E-state index contributed by atoms with van der Waals surface area (Å²) < 4.78 is 21.8. The predicted molar refractivity (Wildman–Crippen MR) is 138 cm³/mol. The van der Waals surface area contributed by atoms with E-state index in [0.29, 0.717) is 30.2 Å². The highest BCUT2D eigenvalue weighted by Gasteiger charge is 2.44. The number of nitrogens with two attached hydrogens (primary N) is 1. The van der Waals surface area contributed by atoms with E-state index in [0.717, 1.165) is 6.42 Å². The van der Waals surface area contributed by atoms with E-state index >= 15 is 0 Å². The molecule has 0 amide bonds. The van der Waals surface area contributed by atoms with Crippen LogP contribution in [0.5, 0.6) is 0 Å². The van der Waals surface area contributed by atoms with Crippen molar-refractivity contribution in [3.8, 4) is 0 Å². The molecule has 10 heteroatoms. The molecule has 186 valence electrons. The summed E-state index contributed by atoms with van der Waals surface area (Å²) >= 11 is 0. The maximum absolute atomic E-state index is 6.62. The van der Waals surface area contributed by atoms with Crippen molar-refractivity contribution in [2.45, 2.75) is 96.6 Å². The Morgan fingerprint density at radius 3 is 2.12 bits per heavy atom. The molecule has 2 aromatic rings. The summed E-state index contributed by atoms with van der Waals surface area (Å²) in [5, 5.41) is 0.307. The molecule has 0 spiro atoms. The molecule has 1 aliphatic rings. The molecule has 2 N–H and O–H groups in total. The molecule has 2 aromatic heterocycles. The second-order valence-electron chi connectivity index (χ2n) is 12.4. The maximum Gasteiger partial charge on any atom is 0.192 e. The first-order valence-electron chi connectivity index (χ1n) is 11.9. The van der Waals surface area contributed by atoms with Crippen LogP contribution in [0.3, 0.4) is 0 Å².